The van der Waals surface area contributed by atoms with Gasteiger partial charge in [-0.3, -0.25) is 16.3 Å². The number of fused-ring (bicyclic) bond motifs is 2. The van der Waals surface area contributed by atoms with E-state index in [0.717, 1.165) is 46.5 Å². The Kier molecular flexibility index (Phi) is 10.7. The van der Waals surface area contributed by atoms with Gasteiger partial charge < -0.3 is 9.55 Å². The van der Waals surface area contributed by atoms with Gasteiger partial charge in [-0.1, -0.05) is 134 Å². The van der Waals surface area contributed by atoms with Crippen LogP contribution in [0.1, 0.15) is 71.5 Å². The molecule has 1 radical (unpaired) electrons. The first-order valence-electron chi connectivity index (χ1n) is 19.1. The minimum Gasteiger partial charge on any atom is -0.333 e. The van der Waals surface area contributed by atoms with E-state index in [-0.39, 0.29) is 25.7 Å². The summed E-state index contributed by atoms with van der Waals surface area (Å²) in [5.74, 6) is 1.77. The van der Waals surface area contributed by atoms with Gasteiger partial charge in [-0.2, -0.15) is 0 Å². The Bertz CT molecular complexity index is 2460. The average Bonchev–Trinajstić information content (AvgIpc) is 3.78. The molecule has 3 nitrogen and oxygen atoms in total. The fourth-order valence-electron chi connectivity index (χ4n) is 6.57. The van der Waals surface area contributed by atoms with Crippen molar-refractivity contribution in [3.63, 3.8) is 0 Å². The minimum absolute atomic E-state index is 0. The summed E-state index contributed by atoms with van der Waals surface area (Å²) in [4.78, 5) is 9.37. The molecule has 0 aliphatic heterocycles. The molecule has 263 valence electrons. The summed E-state index contributed by atoms with van der Waals surface area (Å²) >= 11 is 1.69. The zero-order chi connectivity index (χ0) is 37.8. The molecule has 3 heterocycles. The number of hydrogen-bond acceptors (Lipinski definition) is 3. The molecule has 0 amide bonds. The Morgan fingerprint density at radius 2 is 1.48 bits per heavy atom. The van der Waals surface area contributed by atoms with Crippen molar-refractivity contribution in [2.45, 2.75) is 59.2 Å². The first-order chi connectivity index (χ1) is 26.1. The SMILES string of the molecule is CC(C)c1cccc(C(C)C)c1-n1c(-c2[c-]sc3ccc(CCc4ccccc4)cc23)nc2ccccc21.[2H]C([2H])([2H])c1ccc(-c2[c-]cccc2)nc1.[Ir]. The van der Waals surface area contributed by atoms with Gasteiger partial charge in [0, 0.05) is 36.1 Å². The average molecular weight is 877 g/mol. The number of pyridine rings is 1. The van der Waals surface area contributed by atoms with Crippen molar-refractivity contribution in [3.05, 3.63) is 173 Å². The summed E-state index contributed by atoms with van der Waals surface area (Å²) in [5, 5.41) is 4.90. The van der Waals surface area contributed by atoms with Crippen LogP contribution in [0.2, 0.25) is 0 Å². The minimum atomic E-state index is -2.09. The van der Waals surface area contributed by atoms with Crippen LogP contribution < -0.4 is 0 Å². The molecular formula is C47H43IrN3S-2. The Balaban J connectivity index is 0.000000254. The van der Waals surface area contributed by atoms with Crippen molar-refractivity contribution in [3.8, 4) is 28.3 Å². The van der Waals surface area contributed by atoms with Crippen molar-refractivity contribution in [1.82, 2.24) is 14.5 Å². The van der Waals surface area contributed by atoms with Gasteiger partial charge in [0.15, 0.2) is 0 Å². The van der Waals surface area contributed by atoms with Crippen molar-refractivity contribution < 1.29 is 24.2 Å². The predicted octanol–water partition coefficient (Wildman–Crippen LogP) is 12.6. The Labute approximate surface area is 330 Å². The number of hydrogen-bond donors (Lipinski definition) is 0. The molecule has 5 heteroatoms. The van der Waals surface area contributed by atoms with Crippen LogP contribution in [-0.4, -0.2) is 14.5 Å². The second kappa shape index (κ2) is 16.8. The smallest absolute Gasteiger partial charge is 0.0774 e. The van der Waals surface area contributed by atoms with Crippen molar-refractivity contribution in [2.24, 2.45) is 0 Å². The molecule has 0 aliphatic rings. The summed E-state index contributed by atoms with van der Waals surface area (Å²) in [6.45, 7) is 7.05. The van der Waals surface area contributed by atoms with E-state index in [2.05, 4.69) is 140 Å². The Hall–Kier alpha value is -4.67. The number of imidazole rings is 1. The Morgan fingerprint density at radius 1 is 0.750 bits per heavy atom. The van der Waals surface area contributed by atoms with Gasteiger partial charge in [0.25, 0.3) is 0 Å². The van der Waals surface area contributed by atoms with Gasteiger partial charge in [-0.15, -0.1) is 47.3 Å². The standard InChI is InChI=1S/C35H33N2S.C12H10N.Ir/c1-23(2)27-13-10-14-28(24(3)4)34(27)37-32-16-9-8-15-31(32)36-35(37)30-22-38-33-20-19-26(21-29(30)33)18-17-25-11-6-5-7-12-25;1-10-7-8-12(13-9-10)11-5-3-2-4-6-11;/h5-16,19-21,23-24H,17-18H2,1-4H3;2-5,7-9H,1H3;/q2*-1;/i;1D3;. The van der Waals surface area contributed by atoms with Gasteiger partial charge in [0.05, 0.1) is 16.9 Å². The van der Waals surface area contributed by atoms with Crippen LogP contribution in [0.4, 0.5) is 0 Å². The molecule has 0 saturated heterocycles. The van der Waals surface area contributed by atoms with Crippen molar-refractivity contribution >= 4 is 32.5 Å². The summed E-state index contributed by atoms with van der Waals surface area (Å²) in [5.41, 5.74) is 11.8. The summed E-state index contributed by atoms with van der Waals surface area (Å²) in [6.07, 6.45) is 3.44. The largest absolute Gasteiger partial charge is 0.333 e. The van der Waals surface area contributed by atoms with Crippen LogP contribution >= 0.6 is 11.3 Å². The van der Waals surface area contributed by atoms with E-state index in [1.807, 2.05) is 18.2 Å². The number of aryl methyl sites for hydroxylation is 3. The number of aromatic nitrogens is 3. The molecule has 0 bridgehead atoms. The molecule has 0 spiro atoms. The first kappa shape index (κ1) is 33.2. The zero-order valence-corrected chi connectivity index (χ0v) is 33.1. The van der Waals surface area contributed by atoms with Crippen LogP contribution in [0.25, 0.3) is 49.5 Å². The summed E-state index contributed by atoms with van der Waals surface area (Å²) in [7, 11) is 0. The van der Waals surface area contributed by atoms with E-state index >= 15 is 0 Å². The topological polar surface area (TPSA) is 30.7 Å². The molecule has 52 heavy (non-hydrogen) atoms. The van der Waals surface area contributed by atoms with Crippen LogP contribution in [0.5, 0.6) is 0 Å². The third kappa shape index (κ3) is 8.03. The quantitative estimate of drug-likeness (QED) is 0.142. The molecule has 0 unspecified atom stereocenters. The number of thiophene rings is 1. The molecule has 0 aliphatic carbocycles. The van der Waals surface area contributed by atoms with Gasteiger partial charge >= 0.3 is 0 Å². The second-order valence-electron chi connectivity index (χ2n) is 13.5. The van der Waals surface area contributed by atoms with E-state index in [1.165, 1.54) is 44.2 Å². The summed E-state index contributed by atoms with van der Waals surface area (Å²) < 4.78 is 25.4. The van der Waals surface area contributed by atoms with E-state index in [9.17, 15) is 0 Å². The maximum absolute atomic E-state index is 7.23. The molecular weight excluding hydrogens is 831 g/mol. The van der Waals surface area contributed by atoms with Gasteiger partial charge in [-0.25, -0.2) is 0 Å². The van der Waals surface area contributed by atoms with Gasteiger partial charge in [0.1, 0.15) is 0 Å². The van der Waals surface area contributed by atoms with Crippen molar-refractivity contribution in [2.75, 3.05) is 0 Å². The Morgan fingerprint density at radius 3 is 2.17 bits per heavy atom. The van der Waals surface area contributed by atoms with E-state index in [0.29, 0.717) is 11.8 Å². The summed E-state index contributed by atoms with van der Waals surface area (Å²) in [6, 6.07) is 46.7. The number of para-hydroxylation sites is 3. The number of nitrogens with zero attached hydrogens (tertiary/aromatic N) is 3. The van der Waals surface area contributed by atoms with Crippen LogP contribution in [-0.2, 0) is 32.9 Å². The van der Waals surface area contributed by atoms with Gasteiger partial charge in [0.2, 0.25) is 0 Å². The van der Waals surface area contributed by atoms with Crippen LogP contribution in [0, 0.1) is 18.3 Å². The molecule has 8 rings (SSSR count). The normalized spacial score (nSPS) is 12.2. The maximum atomic E-state index is 7.23. The van der Waals surface area contributed by atoms with E-state index in [4.69, 9.17) is 9.10 Å². The molecule has 8 aromatic rings. The van der Waals surface area contributed by atoms with Crippen LogP contribution in [0.15, 0.2) is 134 Å². The second-order valence-corrected chi connectivity index (χ2v) is 14.3. The molecule has 5 aromatic carbocycles. The molecule has 0 fully saturated rings. The third-order valence-corrected chi connectivity index (χ3v) is 10.1. The monoisotopic (exact) mass is 877 g/mol. The fraction of sp³-hybridized carbons (Fsp3) is 0.191. The van der Waals surface area contributed by atoms with Crippen molar-refractivity contribution in [1.29, 1.82) is 0 Å². The van der Waals surface area contributed by atoms with E-state index < -0.39 is 6.85 Å². The molecule has 3 aromatic heterocycles. The molecule has 0 atom stereocenters. The molecule has 0 N–H and O–H groups in total. The van der Waals surface area contributed by atoms with Gasteiger partial charge in [-0.05, 0) is 71.6 Å². The van der Waals surface area contributed by atoms with Crippen LogP contribution in [0.3, 0.4) is 0 Å². The van der Waals surface area contributed by atoms with E-state index in [1.54, 1.807) is 29.5 Å². The number of rotatable bonds is 8. The first-order valence-corrected chi connectivity index (χ1v) is 18.4. The fourth-order valence-corrected chi connectivity index (χ4v) is 7.39. The predicted molar refractivity (Wildman–Crippen MR) is 216 cm³/mol. The zero-order valence-electron chi connectivity index (χ0n) is 32.9. The molecule has 0 saturated carbocycles. The third-order valence-electron chi connectivity index (χ3n) is 9.22. The number of benzene rings is 5. The maximum Gasteiger partial charge on any atom is 0.0774 e.